The molecule has 0 radical (unpaired) electrons. The molecule has 0 spiro atoms. The molecule has 0 aromatic carbocycles. The summed E-state index contributed by atoms with van der Waals surface area (Å²) < 4.78 is 11.1. The molecule has 0 saturated heterocycles. The van der Waals surface area contributed by atoms with Gasteiger partial charge in [0.25, 0.3) is 0 Å². The van der Waals surface area contributed by atoms with Crippen molar-refractivity contribution in [3.8, 4) is 0 Å². The third-order valence-electron chi connectivity index (χ3n) is 3.60. The standard InChI is InChI=1S/C14H30O3Si/c1-7-8-9-10-13(15)16-11-12-17-18(5,6)14(2,3)4/h7-12H2,1-6H3. The highest BCUT2D eigenvalue weighted by Gasteiger charge is 2.36. The van der Waals surface area contributed by atoms with Crippen LogP contribution in [0.3, 0.4) is 0 Å². The van der Waals surface area contributed by atoms with Crippen molar-refractivity contribution in [3.05, 3.63) is 0 Å². The molecule has 0 aliphatic heterocycles. The van der Waals surface area contributed by atoms with Crippen LogP contribution in [0.4, 0.5) is 0 Å². The van der Waals surface area contributed by atoms with Crippen LogP contribution in [0, 0.1) is 0 Å². The van der Waals surface area contributed by atoms with E-state index in [2.05, 4.69) is 40.8 Å². The molecule has 18 heavy (non-hydrogen) atoms. The Kier molecular flexibility index (Phi) is 7.79. The van der Waals surface area contributed by atoms with E-state index in [1.807, 2.05) is 0 Å². The molecule has 0 unspecified atom stereocenters. The highest BCUT2D eigenvalue weighted by Crippen LogP contribution is 2.36. The van der Waals surface area contributed by atoms with Gasteiger partial charge in [-0.3, -0.25) is 4.79 Å². The Morgan fingerprint density at radius 3 is 2.22 bits per heavy atom. The van der Waals surface area contributed by atoms with Crippen LogP contribution >= 0.6 is 0 Å². The van der Waals surface area contributed by atoms with Crippen molar-refractivity contribution in [1.29, 1.82) is 0 Å². The molecule has 0 aliphatic rings. The lowest BCUT2D eigenvalue weighted by Crippen LogP contribution is -2.41. The molecule has 0 amide bonds. The first kappa shape index (κ1) is 17.6. The third kappa shape index (κ3) is 7.16. The largest absolute Gasteiger partial charge is 0.463 e. The minimum atomic E-state index is -1.70. The SMILES string of the molecule is CCCCCC(=O)OCCO[Si](C)(C)C(C)(C)C. The first-order chi connectivity index (χ1) is 8.20. The first-order valence-corrected chi connectivity index (χ1v) is 9.91. The Morgan fingerprint density at radius 2 is 1.72 bits per heavy atom. The molecule has 0 heterocycles. The van der Waals surface area contributed by atoms with Gasteiger partial charge in [0.05, 0.1) is 6.61 Å². The number of carbonyl (C=O) groups excluding carboxylic acids is 1. The molecule has 0 fully saturated rings. The number of rotatable bonds is 8. The summed E-state index contributed by atoms with van der Waals surface area (Å²) in [6.07, 6.45) is 3.68. The molecule has 0 aromatic rings. The van der Waals surface area contributed by atoms with Gasteiger partial charge in [-0.1, -0.05) is 40.5 Å². The van der Waals surface area contributed by atoms with E-state index in [4.69, 9.17) is 9.16 Å². The number of esters is 1. The predicted molar refractivity (Wildman–Crippen MR) is 78.3 cm³/mol. The molecule has 0 atom stereocenters. The van der Waals surface area contributed by atoms with Crippen molar-refractivity contribution in [2.24, 2.45) is 0 Å². The minimum absolute atomic E-state index is 0.0951. The van der Waals surface area contributed by atoms with Gasteiger partial charge in [0.2, 0.25) is 0 Å². The van der Waals surface area contributed by atoms with Crippen molar-refractivity contribution in [1.82, 2.24) is 0 Å². The molecular weight excluding hydrogens is 244 g/mol. The van der Waals surface area contributed by atoms with Gasteiger partial charge in [0, 0.05) is 6.42 Å². The summed E-state index contributed by atoms with van der Waals surface area (Å²) in [6, 6.07) is 0. The molecule has 3 nitrogen and oxygen atoms in total. The molecule has 0 rings (SSSR count). The van der Waals surface area contributed by atoms with Gasteiger partial charge < -0.3 is 9.16 Å². The molecule has 0 saturated carbocycles. The van der Waals surface area contributed by atoms with E-state index >= 15 is 0 Å². The van der Waals surface area contributed by atoms with Crippen LogP contribution in [0.25, 0.3) is 0 Å². The maximum atomic E-state index is 11.4. The Hall–Kier alpha value is -0.353. The summed E-state index contributed by atoms with van der Waals surface area (Å²) in [7, 11) is -1.70. The van der Waals surface area contributed by atoms with Crippen LogP contribution in [0.15, 0.2) is 0 Å². The third-order valence-corrected chi connectivity index (χ3v) is 8.14. The lowest BCUT2D eigenvalue weighted by Gasteiger charge is -2.36. The average Bonchev–Trinajstić information content (AvgIpc) is 2.23. The van der Waals surface area contributed by atoms with Crippen LogP contribution in [0.5, 0.6) is 0 Å². The normalized spacial score (nSPS) is 12.6. The van der Waals surface area contributed by atoms with Crippen LogP contribution in [-0.2, 0) is 14.0 Å². The van der Waals surface area contributed by atoms with Gasteiger partial charge in [0.15, 0.2) is 8.32 Å². The molecule has 108 valence electrons. The predicted octanol–water partition coefficient (Wildman–Crippen LogP) is 4.13. The van der Waals surface area contributed by atoms with E-state index in [0.717, 1.165) is 19.3 Å². The van der Waals surface area contributed by atoms with E-state index in [0.29, 0.717) is 19.6 Å². The summed E-state index contributed by atoms with van der Waals surface area (Å²) >= 11 is 0. The van der Waals surface area contributed by atoms with E-state index in [9.17, 15) is 4.79 Å². The fraction of sp³-hybridized carbons (Fsp3) is 0.929. The topological polar surface area (TPSA) is 35.5 Å². The van der Waals surface area contributed by atoms with Gasteiger partial charge in [-0.05, 0) is 24.6 Å². The van der Waals surface area contributed by atoms with Gasteiger partial charge >= 0.3 is 5.97 Å². The zero-order valence-corrected chi connectivity index (χ0v) is 14.0. The van der Waals surface area contributed by atoms with Gasteiger partial charge in [0.1, 0.15) is 6.61 Å². The molecule has 0 aromatic heterocycles. The van der Waals surface area contributed by atoms with Crippen molar-refractivity contribution >= 4 is 14.3 Å². The van der Waals surface area contributed by atoms with Gasteiger partial charge in [-0.25, -0.2) is 0 Å². The van der Waals surface area contributed by atoms with Crippen LogP contribution < -0.4 is 0 Å². The number of hydrogen-bond acceptors (Lipinski definition) is 3. The highest BCUT2D eigenvalue weighted by molar-refractivity contribution is 6.74. The van der Waals surface area contributed by atoms with Crippen LogP contribution in [0.1, 0.15) is 53.4 Å². The molecule has 4 heteroatoms. The number of ether oxygens (including phenoxy) is 1. The molecular formula is C14H30O3Si. The molecule has 0 aliphatic carbocycles. The second-order valence-corrected chi connectivity index (χ2v) is 11.1. The number of carbonyl (C=O) groups is 1. The Labute approximate surface area is 113 Å². The summed E-state index contributed by atoms with van der Waals surface area (Å²) in [5.41, 5.74) is 0. The fourth-order valence-corrected chi connectivity index (χ4v) is 2.29. The Balaban J connectivity index is 3.71. The Morgan fingerprint density at radius 1 is 1.11 bits per heavy atom. The second kappa shape index (κ2) is 7.95. The quantitative estimate of drug-likeness (QED) is 0.379. The van der Waals surface area contributed by atoms with Crippen molar-refractivity contribution in [2.75, 3.05) is 13.2 Å². The van der Waals surface area contributed by atoms with E-state index < -0.39 is 8.32 Å². The van der Waals surface area contributed by atoms with E-state index in [1.54, 1.807) is 0 Å². The van der Waals surface area contributed by atoms with Crippen LogP contribution in [-0.4, -0.2) is 27.5 Å². The summed E-state index contributed by atoms with van der Waals surface area (Å²) in [4.78, 5) is 11.4. The second-order valence-electron chi connectivity index (χ2n) is 6.29. The maximum absolute atomic E-state index is 11.4. The summed E-state index contributed by atoms with van der Waals surface area (Å²) in [5, 5.41) is 0.206. The fourth-order valence-electron chi connectivity index (χ4n) is 1.26. The number of hydrogen-bond donors (Lipinski definition) is 0. The smallest absolute Gasteiger partial charge is 0.305 e. The maximum Gasteiger partial charge on any atom is 0.305 e. The first-order valence-electron chi connectivity index (χ1n) is 7.00. The lowest BCUT2D eigenvalue weighted by molar-refractivity contribution is -0.144. The van der Waals surface area contributed by atoms with Gasteiger partial charge in [-0.15, -0.1) is 0 Å². The average molecular weight is 274 g/mol. The van der Waals surface area contributed by atoms with E-state index in [1.165, 1.54) is 0 Å². The van der Waals surface area contributed by atoms with Crippen molar-refractivity contribution < 1.29 is 14.0 Å². The van der Waals surface area contributed by atoms with Crippen molar-refractivity contribution in [3.63, 3.8) is 0 Å². The molecule has 0 bridgehead atoms. The summed E-state index contributed by atoms with van der Waals surface area (Å²) in [5.74, 6) is -0.0951. The van der Waals surface area contributed by atoms with Crippen LogP contribution in [0.2, 0.25) is 18.1 Å². The van der Waals surface area contributed by atoms with E-state index in [-0.39, 0.29) is 11.0 Å². The number of unbranched alkanes of at least 4 members (excludes halogenated alkanes) is 2. The van der Waals surface area contributed by atoms with Gasteiger partial charge in [-0.2, -0.15) is 0 Å². The Bertz CT molecular complexity index is 244. The summed E-state index contributed by atoms with van der Waals surface area (Å²) in [6.45, 7) is 14.1. The zero-order valence-electron chi connectivity index (χ0n) is 13.0. The lowest BCUT2D eigenvalue weighted by atomic mass is 10.2. The zero-order chi connectivity index (χ0) is 14.2. The molecule has 0 N–H and O–H groups in total. The highest BCUT2D eigenvalue weighted by atomic mass is 28.4. The monoisotopic (exact) mass is 274 g/mol. The van der Waals surface area contributed by atoms with Crippen molar-refractivity contribution in [2.45, 2.75) is 71.5 Å². The minimum Gasteiger partial charge on any atom is -0.463 e.